The maximum Gasteiger partial charge on any atom is 0.573 e. The summed E-state index contributed by atoms with van der Waals surface area (Å²) >= 11 is 0. The topological polar surface area (TPSA) is 35.5 Å². The molecule has 0 aliphatic rings. The molecule has 7 heteroatoms. The number of alkyl halides is 3. The van der Waals surface area contributed by atoms with Crippen molar-refractivity contribution in [3.8, 4) is 22.6 Å². The zero-order valence-corrected chi connectivity index (χ0v) is 15.2. The van der Waals surface area contributed by atoms with Crippen LogP contribution in [0.5, 0.6) is 11.5 Å². The van der Waals surface area contributed by atoms with Gasteiger partial charge in [-0.15, -0.1) is 13.2 Å². The second-order valence-corrected chi connectivity index (χ2v) is 6.27. The number of carbonyl (C=O) groups is 1. The number of hydrogen-bond donors (Lipinski definition) is 0. The van der Waals surface area contributed by atoms with E-state index >= 15 is 0 Å². The smallest absolute Gasteiger partial charge is 0.426 e. The van der Waals surface area contributed by atoms with E-state index in [1.807, 2.05) is 6.07 Å². The monoisotopic (exact) mass is 404 g/mol. The van der Waals surface area contributed by atoms with Crippen molar-refractivity contribution in [2.45, 2.75) is 19.2 Å². The minimum atomic E-state index is -4.80. The largest absolute Gasteiger partial charge is 0.573 e. The molecule has 0 N–H and O–H groups in total. The SMILES string of the molecule is C[C@@H](C(=O)Oc1ccc(OC(F)(F)F)cc1)c1ccc(-c2ccccc2)c(F)c1. The summed E-state index contributed by atoms with van der Waals surface area (Å²) in [5.41, 5.74) is 1.55. The molecule has 29 heavy (non-hydrogen) atoms. The van der Waals surface area contributed by atoms with Crippen molar-refractivity contribution in [2.75, 3.05) is 0 Å². The van der Waals surface area contributed by atoms with Crippen molar-refractivity contribution < 1.29 is 31.8 Å². The van der Waals surface area contributed by atoms with Crippen LogP contribution in [0.4, 0.5) is 17.6 Å². The van der Waals surface area contributed by atoms with Crippen LogP contribution >= 0.6 is 0 Å². The molecule has 0 saturated carbocycles. The summed E-state index contributed by atoms with van der Waals surface area (Å²) in [5.74, 6) is -2.29. The maximum absolute atomic E-state index is 14.5. The van der Waals surface area contributed by atoms with Crippen LogP contribution in [0, 0.1) is 5.82 Å². The van der Waals surface area contributed by atoms with E-state index in [9.17, 15) is 22.4 Å². The summed E-state index contributed by atoms with van der Waals surface area (Å²) in [6, 6.07) is 17.9. The lowest BCUT2D eigenvalue weighted by molar-refractivity contribution is -0.274. The van der Waals surface area contributed by atoms with Gasteiger partial charge in [-0.05, 0) is 48.4 Å². The first-order chi connectivity index (χ1) is 13.7. The number of rotatable bonds is 5. The Morgan fingerprint density at radius 1 is 0.897 bits per heavy atom. The Morgan fingerprint density at radius 2 is 1.52 bits per heavy atom. The molecule has 0 aromatic heterocycles. The molecule has 0 aliphatic carbocycles. The molecule has 3 aromatic rings. The molecule has 3 aromatic carbocycles. The highest BCUT2D eigenvalue weighted by molar-refractivity contribution is 5.80. The van der Waals surface area contributed by atoms with Gasteiger partial charge in [0.1, 0.15) is 17.3 Å². The van der Waals surface area contributed by atoms with Crippen molar-refractivity contribution in [1.82, 2.24) is 0 Å². The minimum Gasteiger partial charge on any atom is -0.426 e. The third-order valence-electron chi connectivity index (χ3n) is 4.21. The molecule has 0 amide bonds. The Kier molecular flexibility index (Phi) is 5.87. The van der Waals surface area contributed by atoms with E-state index in [4.69, 9.17) is 4.74 Å². The van der Waals surface area contributed by atoms with Crippen LogP contribution < -0.4 is 9.47 Å². The molecule has 0 saturated heterocycles. The quantitative estimate of drug-likeness (QED) is 0.293. The molecule has 0 heterocycles. The lowest BCUT2D eigenvalue weighted by Gasteiger charge is -2.14. The van der Waals surface area contributed by atoms with Crippen LogP contribution in [-0.4, -0.2) is 12.3 Å². The van der Waals surface area contributed by atoms with Crippen LogP contribution in [0.1, 0.15) is 18.4 Å². The third-order valence-corrected chi connectivity index (χ3v) is 4.21. The average molecular weight is 404 g/mol. The second-order valence-electron chi connectivity index (χ2n) is 6.27. The van der Waals surface area contributed by atoms with Crippen LogP contribution in [-0.2, 0) is 4.79 Å². The minimum absolute atomic E-state index is 0.0535. The van der Waals surface area contributed by atoms with Gasteiger partial charge in [0, 0.05) is 5.56 Å². The van der Waals surface area contributed by atoms with E-state index in [0.717, 1.165) is 12.1 Å². The number of esters is 1. The first kappa shape index (κ1) is 20.4. The molecule has 150 valence electrons. The van der Waals surface area contributed by atoms with Crippen molar-refractivity contribution in [1.29, 1.82) is 0 Å². The highest BCUT2D eigenvalue weighted by Gasteiger charge is 2.31. The fourth-order valence-corrected chi connectivity index (χ4v) is 2.70. The van der Waals surface area contributed by atoms with Crippen molar-refractivity contribution >= 4 is 5.97 Å². The number of hydrogen-bond acceptors (Lipinski definition) is 3. The van der Waals surface area contributed by atoms with Gasteiger partial charge in [-0.1, -0.05) is 42.5 Å². The molecule has 0 unspecified atom stereocenters. The predicted molar refractivity (Wildman–Crippen MR) is 99.0 cm³/mol. The van der Waals surface area contributed by atoms with E-state index in [1.54, 1.807) is 43.3 Å². The summed E-state index contributed by atoms with van der Waals surface area (Å²) in [4.78, 5) is 12.3. The molecule has 3 nitrogen and oxygen atoms in total. The number of halogens is 4. The van der Waals surface area contributed by atoms with Crippen LogP contribution in [0.15, 0.2) is 72.8 Å². The van der Waals surface area contributed by atoms with E-state index in [1.165, 1.54) is 18.2 Å². The highest BCUT2D eigenvalue weighted by atomic mass is 19.4. The molecular weight excluding hydrogens is 388 g/mol. The lowest BCUT2D eigenvalue weighted by atomic mass is 9.97. The first-order valence-electron chi connectivity index (χ1n) is 8.65. The predicted octanol–water partition coefficient (Wildman–Crippen LogP) is 6.10. The van der Waals surface area contributed by atoms with E-state index in [0.29, 0.717) is 16.7 Å². The van der Waals surface area contributed by atoms with E-state index in [-0.39, 0.29) is 5.75 Å². The molecule has 0 radical (unpaired) electrons. The molecule has 0 fully saturated rings. The molecule has 0 aliphatic heterocycles. The van der Waals surface area contributed by atoms with Gasteiger partial charge in [-0.25, -0.2) is 4.39 Å². The average Bonchev–Trinajstić information content (AvgIpc) is 2.68. The van der Waals surface area contributed by atoms with Crippen LogP contribution in [0.2, 0.25) is 0 Å². The zero-order chi connectivity index (χ0) is 21.0. The Bertz CT molecular complexity index is 983. The summed E-state index contributed by atoms with van der Waals surface area (Å²) in [6.07, 6.45) is -4.80. The molecule has 0 bridgehead atoms. The van der Waals surface area contributed by atoms with Gasteiger partial charge in [0.05, 0.1) is 5.92 Å². The van der Waals surface area contributed by atoms with Crippen molar-refractivity contribution in [3.05, 3.63) is 84.2 Å². The van der Waals surface area contributed by atoms with Gasteiger partial charge < -0.3 is 9.47 Å². The Labute approximate surface area is 164 Å². The van der Waals surface area contributed by atoms with Gasteiger partial charge >= 0.3 is 12.3 Å². The molecule has 1 atom stereocenters. The van der Waals surface area contributed by atoms with E-state index in [2.05, 4.69) is 4.74 Å². The summed E-state index contributed by atoms with van der Waals surface area (Å²) < 4.78 is 60.0. The highest BCUT2D eigenvalue weighted by Crippen LogP contribution is 2.28. The summed E-state index contributed by atoms with van der Waals surface area (Å²) in [6.45, 7) is 1.56. The van der Waals surface area contributed by atoms with Gasteiger partial charge in [0.2, 0.25) is 0 Å². The Balaban J connectivity index is 1.69. The zero-order valence-electron chi connectivity index (χ0n) is 15.2. The second kappa shape index (κ2) is 8.34. The summed E-state index contributed by atoms with van der Waals surface area (Å²) in [5, 5.41) is 0. The van der Waals surface area contributed by atoms with Crippen LogP contribution in [0.3, 0.4) is 0 Å². The fourth-order valence-electron chi connectivity index (χ4n) is 2.70. The normalized spacial score (nSPS) is 12.3. The number of benzene rings is 3. The van der Waals surface area contributed by atoms with Crippen molar-refractivity contribution in [2.24, 2.45) is 0 Å². The van der Waals surface area contributed by atoms with Crippen molar-refractivity contribution in [3.63, 3.8) is 0 Å². The Hall–Kier alpha value is -3.35. The number of carbonyl (C=O) groups excluding carboxylic acids is 1. The van der Waals surface area contributed by atoms with Gasteiger partial charge in [-0.2, -0.15) is 0 Å². The molecule has 3 rings (SSSR count). The standard InChI is InChI=1S/C22H16F4O3/c1-14(16-7-12-19(20(23)13-16)15-5-3-2-4-6-15)21(27)28-17-8-10-18(11-9-17)29-22(24,25)26/h2-14H,1H3/t14-/m1/s1. The van der Waals surface area contributed by atoms with E-state index < -0.39 is 29.8 Å². The lowest BCUT2D eigenvalue weighted by Crippen LogP contribution is -2.17. The third kappa shape index (κ3) is 5.34. The fraction of sp³-hybridized carbons (Fsp3) is 0.136. The molecule has 0 spiro atoms. The van der Waals surface area contributed by atoms with Gasteiger partial charge in [0.15, 0.2) is 0 Å². The van der Waals surface area contributed by atoms with Crippen LogP contribution in [0.25, 0.3) is 11.1 Å². The molecular formula is C22H16F4O3. The maximum atomic E-state index is 14.5. The van der Waals surface area contributed by atoms with Gasteiger partial charge in [-0.3, -0.25) is 4.79 Å². The summed E-state index contributed by atoms with van der Waals surface area (Å²) in [7, 11) is 0. The number of ether oxygens (including phenoxy) is 2. The first-order valence-corrected chi connectivity index (χ1v) is 8.65. The Morgan fingerprint density at radius 3 is 2.10 bits per heavy atom. The van der Waals surface area contributed by atoms with Gasteiger partial charge in [0.25, 0.3) is 0 Å².